The van der Waals surface area contributed by atoms with Gasteiger partial charge in [-0.25, -0.2) is 0 Å². The molecule has 8 rings (SSSR count). The summed E-state index contributed by atoms with van der Waals surface area (Å²) in [4.78, 5) is 9.08. The maximum atomic E-state index is 6.54. The zero-order valence-electron chi connectivity index (χ0n) is 21.6. The summed E-state index contributed by atoms with van der Waals surface area (Å²) in [5.74, 6) is 1.18. The monoisotopic (exact) mass is 707 g/mol. The van der Waals surface area contributed by atoms with Gasteiger partial charge >= 0.3 is 21.1 Å². The molecule has 0 saturated carbocycles. The van der Waals surface area contributed by atoms with E-state index in [0.29, 0.717) is 11.5 Å². The first kappa shape index (κ1) is 25.2. The van der Waals surface area contributed by atoms with Gasteiger partial charge in [0.05, 0.1) is 5.75 Å². The van der Waals surface area contributed by atoms with Crippen LogP contribution in [-0.2, 0) is 21.1 Å². The van der Waals surface area contributed by atoms with Crippen LogP contribution in [0.1, 0.15) is 0 Å². The number of para-hydroxylation sites is 1. The number of fused-ring (bicyclic) bond motifs is 7. The summed E-state index contributed by atoms with van der Waals surface area (Å²) in [6.07, 6.45) is 3.57. The van der Waals surface area contributed by atoms with Crippen molar-refractivity contribution in [3.05, 3.63) is 134 Å². The van der Waals surface area contributed by atoms with E-state index < -0.39 is 0 Å². The van der Waals surface area contributed by atoms with E-state index in [1.54, 1.807) is 12.4 Å². The molecule has 0 spiro atoms. The number of ether oxygens (including phenoxy) is 1. The summed E-state index contributed by atoms with van der Waals surface area (Å²) in [6, 6.07) is 43.2. The molecule has 0 aliphatic heterocycles. The standard InChI is InChI=1S/C36H20N2O2.Pt/c1-2-13-33-27(10-1)29-17-15-23-14-16-28-30(35(23)36(29)40-33)21-25(32-12-4-6-19-38-32)22-34(28)39-26-9-7-8-24(20-26)31-11-3-5-18-37-31;/h1-19,21H;/q-2;+2. The molecule has 0 aliphatic carbocycles. The summed E-state index contributed by atoms with van der Waals surface area (Å²) in [5, 5.41) is 6.25. The number of rotatable bonds is 4. The van der Waals surface area contributed by atoms with Gasteiger partial charge in [0.25, 0.3) is 0 Å². The summed E-state index contributed by atoms with van der Waals surface area (Å²) in [5.41, 5.74) is 5.07. The first-order valence-corrected chi connectivity index (χ1v) is 13.1. The normalized spacial score (nSPS) is 11.2. The van der Waals surface area contributed by atoms with Gasteiger partial charge in [0.1, 0.15) is 11.2 Å². The second kappa shape index (κ2) is 10.3. The molecule has 0 N–H and O–H groups in total. The molecule has 3 aromatic heterocycles. The van der Waals surface area contributed by atoms with E-state index in [2.05, 4.69) is 58.5 Å². The molecule has 0 bridgehead atoms. The minimum absolute atomic E-state index is 0. The molecule has 3 heterocycles. The minimum atomic E-state index is 0. The molecule has 5 heteroatoms. The van der Waals surface area contributed by atoms with Crippen LogP contribution in [0.3, 0.4) is 0 Å². The predicted molar refractivity (Wildman–Crippen MR) is 159 cm³/mol. The third kappa shape index (κ3) is 4.37. The van der Waals surface area contributed by atoms with Crippen molar-refractivity contribution < 1.29 is 30.2 Å². The molecule has 0 fully saturated rings. The summed E-state index contributed by atoms with van der Waals surface area (Å²) in [7, 11) is 0. The molecule has 0 unspecified atom stereocenters. The van der Waals surface area contributed by atoms with Gasteiger partial charge in [-0.05, 0) is 41.0 Å². The molecule has 0 radical (unpaired) electrons. The second-order valence-electron chi connectivity index (χ2n) is 9.64. The van der Waals surface area contributed by atoms with Gasteiger partial charge in [-0.15, -0.1) is 35.4 Å². The predicted octanol–water partition coefficient (Wildman–Crippen LogP) is 9.41. The van der Waals surface area contributed by atoms with Gasteiger partial charge in [0.2, 0.25) is 0 Å². The molecular formula is C36H20N2O2Pt. The Labute approximate surface area is 250 Å². The maximum absolute atomic E-state index is 6.54. The van der Waals surface area contributed by atoms with Crippen LogP contribution in [0, 0.1) is 12.1 Å². The van der Waals surface area contributed by atoms with Gasteiger partial charge in [0, 0.05) is 34.3 Å². The summed E-state index contributed by atoms with van der Waals surface area (Å²) < 4.78 is 13.0. The fraction of sp³-hybridized carbons (Fsp3) is 0. The molecular weight excluding hydrogens is 687 g/mol. The average molecular weight is 708 g/mol. The fourth-order valence-electron chi connectivity index (χ4n) is 5.37. The van der Waals surface area contributed by atoms with E-state index in [0.717, 1.165) is 66.0 Å². The quantitative estimate of drug-likeness (QED) is 0.135. The van der Waals surface area contributed by atoms with Gasteiger partial charge in [-0.1, -0.05) is 83.6 Å². The molecule has 0 aliphatic rings. The van der Waals surface area contributed by atoms with E-state index in [4.69, 9.17) is 9.15 Å². The Morgan fingerprint density at radius 3 is 2.10 bits per heavy atom. The van der Waals surface area contributed by atoms with E-state index >= 15 is 0 Å². The van der Waals surface area contributed by atoms with E-state index in [1.807, 2.05) is 72.8 Å². The molecule has 0 saturated heterocycles. The Hall–Kier alpha value is -4.79. The number of aromatic nitrogens is 2. The van der Waals surface area contributed by atoms with E-state index in [1.165, 1.54) is 0 Å². The van der Waals surface area contributed by atoms with Crippen molar-refractivity contribution in [2.24, 2.45) is 0 Å². The molecule has 0 amide bonds. The number of hydrogen-bond donors (Lipinski definition) is 0. The van der Waals surface area contributed by atoms with Gasteiger partial charge < -0.3 is 19.1 Å². The van der Waals surface area contributed by atoms with Crippen LogP contribution in [0.5, 0.6) is 11.5 Å². The maximum Gasteiger partial charge on any atom is 2.00 e. The van der Waals surface area contributed by atoms with Crippen molar-refractivity contribution in [3.63, 3.8) is 0 Å². The topological polar surface area (TPSA) is 48.2 Å². The average Bonchev–Trinajstić information content (AvgIpc) is 3.41. The van der Waals surface area contributed by atoms with E-state index in [9.17, 15) is 0 Å². The third-order valence-corrected chi connectivity index (χ3v) is 7.21. The van der Waals surface area contributed by atoms with Crippen molar-refractivity contribution in [2.45, 2.75) is 0 Å². The molecule has 8 aromatic rings. The minimum Gasteiger partial charge on any atom is -0.496 e. The number of pyridine rings is 2. The van der Waals surface area contributed by atoms with Crippen molar-refractivity contribution in [3.8, 4) is 34.0 Å². The number of nitrogens with zero attached hydrogens (tertiary/aromatic N) is 2. The van der Waals surface area contributed by atoms with Crippen molar-refractivity contribution in [1.29, 1.82) is 0 Å². The first-order valence-electron chi connectivity index (χ1n) is 13.1. The van der Waals surface area contributed by atoms with Crippen molar-refractivity contribution >= 4 is 43.5 Å². The summed E-state index contributed by atoms with van der Waals surface area (Å²) >= 11 is 0. The van der Waals surface area contributed by atoms with Crippen molar-refractivity contribution in [1.82, 2.24) is 9.97 Å². The van der Waals surface area contributed by atoms with Gasteiger partial charge in [-0.3, -0.25) is 0 Å². The Morgan fingerprint density at radius 1 is 0.585 bits per heavy atom. The first-order chi connectivity index (χ1) is 19.8. The zero-order valence-corrected chi connectivity index (χ0v) is 23.8. The van der Waals surface area contributed by atoms with Crippen LogP contribution in [-0.4, -0.2) is 9.97 Å². The molecule has 196 valence electrons. The Bertz CT molecular complexity index is 2190. The Balaban J connectivity index is 0.00000276. The number of hydrogen-bond acceptors (Lipinski definition) is 4. The molecule has 5 aromatic carbocycles. The van der Waals surface area contributed by atoms with Crippen LogP contribution in [0.4, 0.5) is 0 Å². The van der Waals surface area contributed by atoms with Gasteiger partial charge in [0.15, 0.2) is 0 Å². The zero-order chi connectivity index (χ0) is 26.5. The largest absolute Gasteiger partial charge is 2.00 e. The smallest absolute Gasteiger partial charge is 0.496 e. The third-order valence-electron chi connectivity index (χ3n) is 7.21. The van der Waals surface area contributed by atoms with Crippen LogP contribution < -0.4 is 4.74 Å². The van der Waals surface area contributed by atoms with Crippen LogP contribution in [0.2, 0.25) is 0 Å². The molecule has 4 nitrogen and oxygen atoms in total. The Morgan fingerprint density at radius 2 is 1.32 bits per heavy atom. The second-order valence-corrected chi connectivity index (χ2v) is 9.64. The van der Waals surface area contributed by atoms with Crippen LogP contribution in [0.15, 0.2) is 126 Å². The van der Waals surface area contributed by atoms with Crippen molar-refractivity contribution in [2.75, 3.05) is 0 Å². The van der Waals surface area contributed by atoms with Gasteiger partial charge in [-0.2, -0.15) is 0 Å². The van der Waals surface area contributed by atoms with Crippen LogP contribution >= 0.6 is 0 Å². The molecule has 0 atom stereocenters. The summed E-state index contributed by atoms with van der Waals surface area (Å²) in [6.45, 7) is 0. The fourth-order valence-corrected chi connectivity index (χ4v) is 5.37. The number of benzene rings is 5. The number of furan rings is 1. The molecule has 41 heavy (non-hydrogen) atoms. The van der Waals surface area contributed by atoms with E-state index in [-0.39, 0.29) is 21.1 Å². The Kier molecular flexibility index (Phi) is 6.34. The van der Waals surface area contributed by atoms with Crippen LogP contribution in [0.25, 0.3) is 66.0 Å². The SMILES string of the molecule is [Pt+2].[c-]1c(Oc2[c-]c(-c3ccccn3)cc3c2ccc2ccc4c5ccccc5oc4c23)cccc1-c1ccccn1.